The maximum Gasteiger partial charge on any atom is 0.305 e. The van der Waals surface area contributed by atoms with Crippen LogP contribution in [0.25, 0.3) is 0 Å². The minimum atomic E-state index is -0.886. The van der Waals surface area contributed by atoms with Crippen LogP contribution in [-0.2, 0) is 16.1 Å². The van der Waals surface area contributed by atoms with Crippen molar-refractivity contribution >= 4 is 11.9 Å². The molecule has 110 valence electrons. The number of rotatable bonds is 8. The molecule has 0 unspecified atom stereocenters. The summed E-state index contributed by atoms with van der Waals surface area (Å²) in [6, 6.07) is 9.63. The normalized spacial score (nSPS) is 11.6. The van der Waals surface area contributed by atoms with E-state index in [4.69, 9.17) is 10.2 Å². The standard InChI is InChI=1S/C15H21NO4/c1-15(2,10-14(19)20)16(9-8-13(17)18)11-12-6-4-3-5-7-12/h3-7H,8-11H2,1-2H3,(H,17,18)(H,19,20). The van der Waals surface area contributed by atoms with Crippen LogP contribution in [0.3, 0.4) is 0 Å². The van der Waals surface area contributed by atoms with E-state index in [1.807, 2.05) is 49.1 Å². The fourth-order valence-electron chi connectivity index (χ4n) is 2.11. The first kappa shape index (κ1) is 16.2. The highest BCUT2D eigenvalue weighted by atomic mass is 16.4. The Bertz CT molecular complexity index is 456. The molecule has 5 heteroatoms. The average molecular weight is 279 g/mol. The van der Waals surface area contributed by atoms with Crippen LogP contribution in [0.2, 0.25) is 0 Å². The molecule has 0 spiro atoms. The van der Waals surface area contributed by atoms with Crippen molar-refractivity contribution in [3.8, 4) is 0 Å². The highest BCUT2D eigenvalue weighted by Gasteiger charge is 2.29. The van der Waals surface area contributed by atoms with Crippen molar-refractivity contribution in [1.82, 2.24) is 4.90 Å². The average Bonchev–Trinajstić information content (AvgIpc) is 2.33. The summed E-state index contributed by atoms with van der Waals surface area (Å²) in [5.41, 5.74) is 0.438. The van der Waals surface area contributed by atoms with Crippen LogP contribution in [0.15, 0.2) is 30.3 Å². The monoisotopic (exact) mass is 279 g/mol. The Balaban J connectivity index is 2.83. The topological polar surface area (TPSA) is 77.8 Å². The number of carboxylic acid groups (broad SMARTS) is 2. The molecule has 5 nitrogen and oxygen atoms in total. The number of benzene rings is 1. The molecule has 0 aliphatic heterocycles. The Morgan fingerprint density at radius 2 is 1.70 bits per heavy atom. The number of aliphatic carboxylic acids is 2. The van der Waals surface area contributed by atoms with Crippen LogP contribution < -0.4 is 0 Å². The summed E-state index contributed by atoms with van der Waals surface area (Å²) in [7, 11) is 0. The molecule has 0 radical (unpaired) electrons. The Labute approximate surface area is 118 Å². The van der Waals surface area contributed by atoms with Crippen LogP contribution in [0, 0.1) is 0 Å². The molecule has 1 aromatic rings. The third kappa shape index (κ3) is 5.40. The van der Waals surface area contributed by atoms with E-state index < -0.39 is 17.5 Å². The third-order valence-corrected chi connectivity index (χ3v) is 3.25. The number of carboxylic acids is 2. The highest BCUT2D eigenvalue weighted by molar-refractivity contribution is 5.68. The Morgan fingerprint density at radius 3 is 2.20 bits per heavy atom. The number of nitrogens with zero attached hydrogens (tertiary/aromatic N) is 1. The SMILES string of the molecule is CC(C)(CC(=O)O)N(CCC(=O)O)Cc1ccccc1. The maximum atomic E-state index is 11.0. The summed E-state index contributed by atoms with van der Waals surface area (Å²) in [4.78, 5) is 23.6. The Hall–Kier alpha value is -1.88. The van der Waals surface area contributed by atoms with E-state index in [0.717, 1.165) is 5.56 Å². The molecule has 0 amide bonds. The Kier molecular flexibility index (Phi) is 5.70. The second kappa shape index (κ2) is 7.05. The summed E-state index contributed by atoms with van der Waals surface area (Å²) < 4.78 is 0. The van der Waals surface area contributed by atoms with Gasteiger partial charge in [-0.05, 0) is 19.4 Å². The molecule has 0 saturated heterocycles. The fourth-order valence-corrected chi connectivity index (χ4v) is 2.11. The van der Waals surface area contributed by atoms with Crippen LogP contribution in [0.5, 0.6) is 0 Å². The molecule has 0 aliphatic carbocycles. The van der Waals surface area contributed by atoms with Crippen LogP contribution in [0.4, 0.5) is 0 Å². The fraction of sp³-hybridized carbons (Fsp3) is 0.467. The van der Waals surface area contributed by atoms with Crippen LogP contribution in [0.1, 0.15) is 32.3 Å². The minimum absolute atomic E-state index is 0.00408. The predicted octanol–water partition coefficient (Wildman–Crippen LogP) is 2.22. The molecule has 0 heterocycles. The molecule has 0 saturated carbocycles. The molecule has 2 N–H and O–H groups in total. The number of hydrogen-bond donors (Lipinski definition) is 2. The van der Waals surface area contributed by atoms with Crippen molar-refractivity contribution < 1.29 is 19.8 Å². The lowest BCUT2D eigenvalue weighted by atomic mass is 9.96. The van der Waals surface area contributed by atoms with E-state index >= 15 is 0 Å². The van der Waals surface area contributed by atoms with Gasteiger partial charge in [-0.3, -0.25) is 14.5 Å². The molecule has 1 aromatic carbocycles. The van der Waals surface area contributed by atoms with Gasteiger partial charge < -0.3 is 10.2 Å². The summed E-state index contributed by atoms with van der Waals surface area (Å²) in [6.45, 7) is 4.51. The van der Waals surface area contributed by atoms with Crippen molar-refractivity contribution in [1.29, 1.82) is 0 Å². The van der Waals surface area contributed by atoms with Gasteiger partial charge in [-0.2, -0.15) is 0 Å². The summed E-state index contributed by atoms with van der Waals surface area (Å²) in [6.07, 6.45) is -0.0324. The van der Waals surface area contributed by atoms with Crippen molar-refractivity contribution in [2.24, 2.45) is 0 Å². The lowest BCUT2D eigenvalue weighted by Crippen LogP contribution is -2.45. The first-order valence-electron chi connectivity index (χ1n) is 6.54. The van der Waals surface area contributed by atoms with Crippen LogP contribution in [-0.4, -0.2) is 39.1 Å². The van der Waals surface area contributed by atoms with E-state index in [0.29, 0.717) is 13.1 Å². The van der Waals surface area contributed by atoms with Gasteiger partial charge in [0.05, 0.1) is 12.8 Å². The van der Waals surface area contributed by atoms with E-state index in [9.17, 15) is 9.59 Å². The van der Waals surface area contributed by atoms with Crippen molar-refractivity contribution in [2.75, 3.05) is 6.54 Å². The molecule has 0 aromatic heterocycles. The number of carbonyl (C=O) groups is 2. The molecule has 0 aliphatic rings. The van der Waals surface area contributed by atoms with Crippen molar-refractivity contribution in [3.05, 3.63) is 35.9 Å². The molecular weight excluding hydrogens is 258 g/mol. The summed E-state index contributed by atoms with van der Waals surface area (Å²) in [5.74, 6) is -1.77. The minimum Gasteiger partial charge on any atom is -0.481 e. The molecule has 0 atom stereocenters. The lowest BCUT2D eigenvalue weighted by Gasteiger charge is -2.37. The second-order valence-electron chi connectivity index (χ2n) is 5.43. The summed E-state index contributed by atoms with van der Waals surface area (Å²) >= 11 is 0. The van der Waals surface area contributed by atoms with Gasteiger partial charge in [-0.1, -0.05) is 30.3 Å². The zero-order valence-electron chi connectivity index (χ0n) is 11.9. The van der Waals surface area contributed by atoms with Gasteiger partial charge in [0, 0.05) is 18.6 Å². The van der Waals surface area contributed by atoms with Gasteiger partial charge in [-0.15, -0.1) is 0 Å². The van der Waals surface area contributed by atoms with Gasteiger partial charge >= 0.3 is 11.9 Å². The quantitative estimate of drug-likeness (QED) is 0.763. The first-order chi connectivity index (χ1) is 9.31. The third-order valence-electron chi connectivity index (χ3n) is 3.25. The zero-order chi connectivity index (χ0) is 15.2. The summed E-state index contributed by atoms with van der Waals surface area (Å²) in [5, 5.41) is 17.8. The molecular formula is C15H21NO4. The van der Waals surface area contributed by atoms with E-state index in [-0.39, 0.29) is 12.8 Å². The zero-order valence-corrected chi connectivity index (χ0v) is 11.9. The Morgan fingerprint density at radius 1 is 1.10 bits per heavy atom. The maximum absolute atomic E-state index is 11.0. The van der Waals surface area contributed by atoms with Crippen LogP contribution >= 0.6 is 0 Å². The van der Waals surface area contributed by atoms with E-state index in [1.165, 1.54) is 0 Å². The van der Waals surface area contributed by atoms with Crippen molar-refractivity contribution in [3.63, 3.8) is 0 Å². The molecule has 1 rings (SSSR count). The molecule has 0 bridgehead atoms. The smallest absolute Gasteiger partial charge is 0.305 e. The molecule has 20 heavy (non-hydrogen) atoms. The lowest BCUT2D eigenvalue weighted by molar-refractivity contribution is -0.140. The van der Waals surface area contributed by atoms with Gasteiger partial charge in [0.25, 0.3) is 0 Å². The highest BCUT2D eigenvalue weighted by Crippen LogP contribution is 2.22. The van der Waals surface area contributed by atoms with E-state index in [1.54, 1.807) is 0 Å². The van der Waals surface area contributed by atoms with Gasteiger partial charge in [0.15, 0.2) is 0 Å². The second-order valence-corrected chi connectivity index (χ2v) is 5.43. The van der Waals surface area contributed by atoms with E-state index in [2.05, 4.69) is 0 Å². The number of hydrogen-bond acceptors (Lipinski definition) is 3. The molecule has 0 fully saturated rings. The largest absolute Gasteiger partial charge is 0.481 e. The van der Waals surface area contributed by atoms with Gasteiger partial charge in [-0.25, -0.2) is 0 Å². The van der Waals surface area contributed by atoms with Gasteiger partial charge in [0.2, 0.25) is 0 Å². The predicted molar refractivity (Wildman–Crippen MR) is 75.4 cm³/mol. The first-order valence-corrected chi connectivity index (χ1v) is 6.54. The van der Waals surface area contributed by atoms with Crippen molar-refractivity contribution in [2.45, 2.75) is 38.8 Å². The van der Waals surface area contributed by atoms with Gasteiger partial charge in [0.1, 0.15) is 0 Å².